The molecular weight excluding hydrogens is 282 g/mol. The Labute approximate surface area is 118 Å². The highest BCUT2D eigenvalue weighted by Gasteiger charge is 2.53. The first kappa shape index (κ1) is 13.2. The van der Waals surface area contributed by atoms with Crippen molar-refractivity contribution in [2.75, 3.05) is 5.32 Å². The SMILES string of the molecule is CCc1nnc(NC(=O)[C@H]2[C@@H](C(=O)O)[C@H]3C=C[C@H]2O3)s1. The summed E-state index contributed by atoms with van der Waals surface area (Å²) in [6.45, 7) is 1.95. The van der Waals surface area contributed by atoms with Gasteiger partial charge in [0.2, 0.25) is 11.0 Å². The molecule has 0 spiro atoms. The summed E-state index contributed by atoms with van der Waals surface area (Å²) in [7, 11) is 0. The zero-order valence-electron chi connectivity index (χ0n) is 10.6. The van der Waals surface area contributed by atoms with E-state index in [0.29, 0.717) is 5.13 Å². The number of hydrogen-bond acceptors (Lipinski definition) is 6. The van der Waals surface area contributed by atoms with E-state index in [2.05, 4.69) is 15.5 Å². The molecule has 0 unspecified atom stereocenters. The molecule has 3 rings (SSSR count). The van der Waals surface area contributed by atoms with Crippen LogP contribution in [0.25, 0.3) is 0 Å². The van der Waals surface area contributed by atoms with E-state index in [4.69, 9.17) is 4.74 Å². The highest BCUT2D eigenvalue weighted by atomic mass is 32.1. The van der Waals surface area contributed by atoms with Crippen LogP contribution in [0.1, 0.15) is 11.9 Å². The molecule has 4 atom stereocenters. The van der Waals surface area contributed by atoms with Gasteiger partial charge in [0.1, 0.15) is 10.9 Å². The Kier molecular flexibility index (Phi) is 3.27. The number of carboxylic acids is 1. The molecule has 106 valence electrons. The number of aliphatic carboxylic acids is 1. The van der Waals surface area contributed by atoms with E-state index in [9.17, 15) is 14.7 Å². The second-order valence-corrected chi connectivity index (χ2v) is 5.75. The van der Waals surface area contributed by atoms with Crippen LogP contribution in [-0.2, 0) is 20.7 Å². The van der Waals surface area contributed by atoms with Gasteiger partial charge in [-0.25, -0.2) is 0 Å². The molecule has 20 heavy (non-hydrogen) atoms. The standard InChI is InChI=1S/C12H13N3O4S/c1-2-7-14-15-12(20-7)13-10(16)8-5-3-4-6(19-5)9(8)11(17)18/h3-6,8-9H,2H2,1H3,(H,17,18)(H,13,15,16)/t5-,6-,8-,9+/m1/s1. The zero-order chi connectivity index (χ0) is 14.3. The molecule has 1 saturated heterocycles. The van der Waals surface area contributed by atoms with Crippen molar-refractivity contribution in [2.24, 2.45) is 11.8 Å². The molecule has 1 amide bonds. The summed E-state index contributed by atoms with van der Waals surface area (Å²) in [5.74, 6) is -2.97. The molecule has 2 bridgehead atoms. The summed E-state index contributed by atoms with van der Waals surface area (Å²) in [5.41, 5.74) is 0. The minimum atomic E-state index is -1.02. The van der Waals surface area contributed by atoms with Gasteiger partial charge in [0, 0.05) is 0 Å². The molecule has 0 aromatic carbocycles. The number of aryl methyl sites for hydroxylation is 1. The van der Waals surface area contributed by atoms with Crippen molar-refractivity contribution in [2.45, 2.75) is 25.6 Å². The topological polar surface area (TPSA) is 101 Å². The van der Waals surface area contributed by atoms with Crippen LogP contribution in [0.3, 0.4) is 0 Å². The van der Waals surface area contributed by atoms with E-state index in [1.807, 2.05) is 6.92 Å². The third-order valence-electron chi connectivity index (χ3n) is 3.49. The van der Waals surface area contributed by atoms with Crippen molar-refractivity contribution in [3.8, 4) is 0 Å². The molecule has 0 radical (unpaired) electrons. The summed E-state index contributed by atoms with van der Waals surface area (Å²) in [5, 5.41) is 20.9. The number of fused-ring (bicyclic) bond motifs is 2. The number of carboxylic acid groups (broad SMARTS) is 1. The predicted octanol–water partition coefficient (Wildman–Crippen LogP) is 0.693. The number of rotatable bonds is 4. The Morgan fingerprint density at radius 3 is 2.65 bits per heavy atom. The van der Waals surface area contributed by atoms with E-state index >= 15 is 0 Å². The van der Waals surface area contributed by atoms with E-state index in [1.165, 1.54) is 11.3 Å². The van der Waals surface area contributed by atoms with Gasteiger partial charge in [0.15, 0.2) is 0 Å². The first-order valence-electron chi connectivity index (χ1n) is 6.30. The van der Waals surface area contributed by atoms with Crippen molar-refractivity contribution >= 4 is 28.3 Å². The molecule has 0 aliphatic carbocycles. The smallest absolute Gasteiger partial charge is 0.310 e. The minimum Gasteiger partial charge on any atom is -0.481 e. The molecule has 1 aromatic rings. The molecule has 2 aliphatic heterocycles. The maximum absolute atomic E-state index is 12.3. The third-order valence-corrected chi connectivity index (χ3v) is 4.47. The molecule has 3 heterocycles. The van der Waals surface area contributed by atoms with Crippen LogP contribution in [0.2, 0.25) is 0 Å². The number of amides is 1. The molecule has 2 N–H and O–H groups in total. The monoisotopic (exact) mass is 295 g/mol. The molecular formula is C12H13N3O4S. The number of carbonyl (C=O) groups is 2. The lowest BCUT2D eigenvalue weighted by Crippen LogP contribution is -2.39. The van der Waals surface area contributed by atoms with Crippen LogP contribution in [0.5, 0.6) is 0 Å². The highest BCUT2D eigenvalue weighted by Crippen LogP contribution is 2.39. The van der Waals surface area contributed by atoms with Crippen molar-refractivity contribution in [3.05, 3.63) is 17.2 Å². The van der Waals surface area contributed by atoms with E-state index in [0.717, 1.165) is 11.4 Å². The van der Waals surface area contributed by atoms with Crippen molar-refractivity contribution in [3.63, 3.8) is 0 Å². The maximum atomic E-state index is 12.3. The second kappa shape index (κ2) is 4.95. The Balaban J connectivity index is 1.76. The fourth-order valence-electron chi connectivity index (χ4n) is 2.55. The fourth-order valence-corrected chi connectivity index (χ4v) is 3.23. The van der Waals surface area contributed by atoms with Gasteiger partial charge in [0.25, 0.3) is 0 Å². The lowest BCUT2D eigenvalue weighted by Gasteiger charge is -2.20. The minimum absolute atomic E-state index is 0.381. The number of nitrogens with zero attached hydrogens (tertiary/aromatic N) is 2. The average molecular weight is 295 g/mol. The van der Waals surface area contributed by atoms with E-state index in [1.54, 1.807) is 12.2 Å². The van der Waals surface area contributed by atoms with Gasteiger partial charge in [-0.1, -0.05) is 30.4 Å². The van der Waals surface area contributed by atoms with Gasteiger partial charge in [0.05, 0.1) is 18.1 Å². The predicted molar refractivity (Wildman–Crippen MR) is 70.3 cm³/mol. The van der Waals surface area contributed by atoms with Gasteiger partial charge in [-0.2, -0.15) is 0 Å². The van der Waals surface area contributed by atoms with Gasteiger partial charge < -0.3 is 15.2 Å². The van der Waals surface area contributed by atoms with E-state index < -0.39 is 30.0 Å². The zero-order valence-corrected chi connectivity index (χ0v) is 11.5. The quantitative estimate of drug-likeness (QED) is 0.793. The van der Waals surface area contributed by atoms with Crippen LogP contribution >= 0.6 is 11.3 Å². The Morgan fingerprint density at radius 2 is 2.05 bits per heavy atom. The van der Waals surface area contributed by atoms with Crippen LogP contribution in [0.15, 0.2) is 12.2 Å². The number of ether oxygens (including phenoxy) is 1. The Bertz CT molecular complexity index is 585. The maximum Gasteiger partial charge on any atom is 0.310 e. The Hall–Kier alpha value is -1.80. The van der Waals surface area contributed by atoms with Crippen molar-refractivity contribution in [1.29, 1.82) is 0 Å². The first-order chi connectivity index (χ1) is 9.60. The van der Waals surface area contributed by atoms with E-state index in [-0.39, 0.29) is 5.91 Å². The van der Waals surface area contributed by atoms with Crippen LogP contribution in [0, 0.1) is 11.8 Å². The average Bonchev–Trinajstić information content (AvgIpc) is 3.12. The largest absolute Gasteiger partial charge is 0.481 e. The Morgan fingerprint density at radius 1 is 1.35 bits per heavy atom. The number of carbonyl (C=O) groups excluding carboxylic acids is 1. The number of nitrogens with one attached hydrogen (secondary N) is 1. The fraction of sp³-hybridized carbons (Fsp3) is 0.500. The van der Waals surface area contributed by atoms with Gasteiger partial charge in [-0.3, -0.25) is 9.59 Å². The van der Waals surface area contributed by atoms with Gasteiger partial charge >= 0.3 is 5.97 Å². The molecule has 1 fully saturated rings. The lowest BCUT2D eigenvalue weighted by molar-refractivity contribution is -0.145. The molecule has 8 heteroatoms. The summed E-state index contributed by atoms with van der Waals surface area (Å²) in [6.07, 6.45) is 3.19. The molecule has 0 saturated carbocycles. The van der Waals surface area contributed by atoms with Crippen LogP contribution in [-0.4, -0.2) is 39.4 Å². The van der Waals surface area contributed by atoms with Crippen molar-refractivity contribution in [1.82, 2.24) is 10.2 Å². The van der Waals surface area contributed by atoms with Crippen LogP contribution in [0.4, 0.5) is 5.13 Å². The number of anilines is 1. The first-order valence-corrected chi connectivity index (χ1v) is 7.11. The second-order valence-electron chi connectivity index (χ2n) is 4.68. The van der Waals surface area contributed by atoms with Crippen LogP contribution < -0.4 is 5.32 Å². The normalized spacial score (nSPS) is 30.6. The number of aromatic nitrogens is 2. The highest BCUT2D eigenvalue weighted by molar-refractivity contribution is 7.15. The number of hydrogen-bond donors (Lipinski definition) is 2. The molecule has 2 aliphatic rings. The summed E-state index contributed by atoms with van der Waals surface area (Å²) in [6, 6.07) is 0. The lowest BCUT2D eigenvalue weighted by atomic mass is 9.82. The molecule has 1 aromatic heterocycles. The van der Waals surface area contributed by atoms with Gasteiger partial charge in [-0.05, 0) is 6.42 Å². The summed E-state index contributed by atoms with van der Waals surface area (Å²) >= 11 is 1.29. The van der Waals surface area contributed by atoms with Gasteiger partial charge in [-0.15, -0.1) is 10.2 Å². The molecule has 7 nitrogen and oxygen atoms in total. The summed E-state index contributed by atoms with van der Waals surface area (Å²) < 4.78 is 5.46. The van der Waals surface area contributed by atoms with Crippen molar-refractivity contribution < 1.29 is 19.4 Å². The third kappa shape index (κ3) is 2.10. The summed E-state index contributed by atoms with van der Waals surface area (Å²) in [4.78, 5) is 23.6.